The molecule has 1 aliphatic heterocycles. The molecule has 3 heterocycles. The number of hydrogen-bond acceptors (Lipinski definition) is 8. The fourth-order valence-corrected chi connectivity index (χ4v) is 6.20. The quantitative estimate of drug-likeness (QED) is 0.465. The highest BCUT2D eigenvalue weighted by Crippen LogP contribution is 2.30. The van der Waals surface area contributed by atoms with E-state index in [0.29, 0.717) is 28.9 Å². The number of rotatable bonds is 8. The van der Waals surface area contributed by atoms with Gasteiger partial charge in [0, 0.05) is 12.5 Å². The molecule has 3 N–H and O–H groups in total. The van der Waals surface area contributed by atoms with Crippen molar-refractivity contribution in [2.75, 3.05) is 22.6 Å². The first kappa shape index (κ1) is 20.6. The summed E-state index contributed by atoms with van der Waals surface area (Å²) < 4.78 is 25.3. The lowest BCUT2D eigenvalue weighted by molar-refractivity contribution is -0.113. The Morgan fingerprint density at radius 2 is 2.25 bits per heavy atom. The summed E-state index contributed by atoms with van der Waals surface area (Å²) in [6, 6.07) is 1.55. The van der Waals surface area contributed by atoms with Crippen LogP contribution in [-0.2, 0) is 21.2 Å². The second-order valence-corrected chi connectivity index (χ2v) is 10.3. The van der Waals surface area contributed by atoms with Crippen LogP contribution in [0, 0.1) is 0 Å². The number of primary amides is 1. The van der Waals surface area contributed by atoms with Crippen LogP contribution < -0.4 is 11.1 Å². The van der Waals surface area contributed by atoms with Gasteiger partial charge in [-0.25, -0.2) is 8.42 Å². The molecule has 0 aromatic carbocycles. The molecule has 2 aromatic heterocycles. The molecule has 9 nitrogen and oxygen atoms in total. The largest absolute Gasteiger partial charge is 0.366 e. The van der Waals surface area contributed by atoms with Gasteiger partial charge in [-0.15, -0.1) is 28.1 Å². The predicted molar refractivity (Wildman–Crippen MR) is 108 cm³/mol. The summed E-state index contributed by atoms with van der Waals surface area (Å²) in [5.74, 6) is -0.273. The number of aromatic nitrogens is 3. The molecule has 0 bridgehead atoms. The highest BCUT2D eigenvalue weighted by atomic mass is 32.2. The lowest BCUT2D eigenvalue weighted by Gasteiger charge is -2.11. The zero-order valence-corrected chi connectivity index (χ0v) is 17.3. The molecule has 0 aliphatic carbocycles. The SMILES string of the molecule is C=CCn1c(SCC(=O)Nc2sccc2C(N)=O)nnc1C1CCS(=O)(=O)C1. The van der Waals surface area contributed by atoms with E-state index in [1.54, 1.807) is 22.1 Å². The maximum atomic E-state index is 12.2. The van der Waals surface area contributed by atoms with E-state index in [9.17, 15) is 18.0 Å². The molecular formula is C16H19N5O4S3. The number of thiophene rings is 1. The van der Waals surface area contributed by atoms with Gasteiger partial charge in [0.25, 0.3) is 5.91 Å². The molecule has 28 heavy (non-hydrogen) atoms. The number of hydrogen-bond donors (Lipinski definition) is 2. The smallest absolute Gasteiger partial charge is 0.251 e. The van der Waals surface area contributed by atoms with Gasteiger partial charge < -0.3 is 15.6 Å². The molecule has 0 radical (unpaired) electrons. The minimum atomic E-state index is -3.05. The molecule has 1 fully saturated rings. The van der Waals surface area contributed by atoms with Gasteiger partial charge in [0.05, 0.1) is 22.8 Å². The summed E-state index contributed by atoms with van der Waals surface area (Å²) in [6.07, 6.45) is 2.18. The number of carbonyl (C=O) groups excluding carboxylic acids is 2. The number of sulfone groups is 1. The summed E-state index contributed by atoms with van der Waals surface area (Å²) in [5.41, 5.74) is 5.54. The van der Waals surface area contributed by atoms with Crippen LogP contribution in [0.25, 0.3) is 0 Å². The van der Waals surface area contributed by atoms with Crippen LogP contribution in [0.2, 0.25) is 0 Å². The van der Waals surface area contributed by atoms with E-state index in [0.717, 1.165) is 0 Å². The van der Waals surface area contributed by atoms with E-state index in [1.165, 1.54) is 23.1 Å². The molecule has 150 valence electrons. The minimum Gasteiger partial charge on any atom is -0.366 e. The second kappa shape index (κ2) is 8.45. The van der Waals surface area contributed by atoms with Gasteiger partial charge in [-0.3, -0.25) is 9.59 Å². The topological polar surface area (TPSA) is 137 Å². The summed E-state index contributed by atoms with van der Waals surface area (Å²) in [6.45, 7) is 4.14. The third-order valence-corrected chi connectivity index (χ3v) is 7.74. The molecule has 1 aliphatic rings. The highest BCUT2D eigenvalue weighted by molar-refractivity contribution is 7.99. The fraction of sp³-hybridized carbons (Fsp3) is 0.375. The summed E-state index contributed by atoms with van der Waals surface area (Å²) in [7, 11) is -3.05. The first-order valence-electron chi connectivity index (χ1n) is 8.35. The fourth-order valence-electron chi connectivity index (χ4n) is 2.90. The van der Waals surface area contributed by atoms with Crippen molar-refractivity contribution in [3.05, 3.63) is 35.5 Å². The number of allylic oxidation sites excluding steroid dienone is 1. The Kier molecular flexibility index (Phi) is 6.20. The van der Waals surface area contributed by atoms with Crippen molar-refractivity contribution >= 4 is 49.8 Å². The molecular weight excluding hydrogens is 422 g/mol. The van der Waals surface area contributed by atoms with Crippen molar-refractivity contribution < 1.29 is 18.0 Å². The van der Waals surface area contributed by atoms with Crippen molar-refractivity contribution in [1.29, 1.82) is 0 Å². The Balaban J connectivity index is 1.68. The van der Waals surface area contributed by atoms with E-state index in [4.69, 9.17) is 5.73 Å². The molecule has 0 saturated carbocycles. The molecule has 3 rings (SSSR count). The summed E-state index contributed by atoms with van der Waals surface area (Å²) in [5, 5.41) is 13.5. The average Bonchev–Trinajstić information content (AvgIpc) is 3.32. The molecule has 1 saturated heterocycles. The number of nitrogens with zero attached hydrogens (tertiary/aromatic N) is 3. The maximum absolute atomic E-state index is 12.2. The van der Waals surface area contributed by atoms with Crippen LogP contribution >= 0.6 is 23.1 Å². The summed E-state index contributed by atoms with van der Waals surface area (Å²) >= 11 is 2.39. The molecule has 12 heteroatoms. The lowest BCUT2D eigenvalue weighted by atomic mass is 10.1. The van der Waals surface area contributed by atoms with Gasteiger partial charge in [-0.05, 0) is 17.9 Å². The van der Waals surface area contributed by atoms with E-state index in [1.807, 2.05) is 0 Å². The van der Waals surface area contributed by atoms with Crippen molar-refractivity contribution in [2.45, 2.75) is 24.0 Å². The van der Waals surface area contributed by atoms with Crippen molar-refractivity contribution in [1.82, 2.24) is 14.8 Å². The normalized spacial score (nSPS) is 18.1. The Bertz CT molecular complexity index is 1010. The van der Waals surface area contributed by atoms with Gasteiger partial charge >= 0.3 is 0 Å². The zero-order chi connectivity index (χ0) is 20.3. The Hall–Kier alpha value is -2.18. The Morgan fingerprint density at radius 1 is 1.46 bits per heavy atom. The average molecular weight is 442 g/mol. The maximum Gasteiger partial charge on any atom is 0.251 e. The van der Waals surface area contributed by atoms with Crippen LogP contribution in [0.15, 0.2) is 29.3 Å². The first-order chi connectivity index (χ1) is 13.3. The van der Waals surface area contributed by atoms with Crippen molar-refractivity contribution in [2.24, 2.45) is 5.73 Å². The number of nitrogens with one attached hydrogen (secondary N) is 1. The monoisotopic (exact) mass is 441 g/mol. The standard InChI is InChI=1S/C16H19N5O4S3/c1-2-5-21-14(10-4-7-28(24,25)9-10)19-20-16(21)27-8-12(22)18-15-11(13(17)23)3-6-26-15/h2-3,6,10H,1,4-5,7-9H2,(H2,17,23)(H,18,22). The number of anilines is 1. The van der Waals surface area contributed by atoms with Crippen LogP contribution in [0.4, 0.5) is 5.00 Å². The second-order valence-electron chi connectivity index (χ2n) is 6.20. The first-order valence-corrected chi connectivity index (χ1v) is 12.0. The minimum absolute atomic E-state index is 0.0499. The molecule has 0 spiro atoms. The third kappa shape index (κ3) is 4.62. The van der Waals surface area contributed by atoms with Crippen LogP contribution in [0.1, 0.15) is 28.5 Å². The molecule has 1 atom stereocenters. The molecule has 2 aromatic rings. The van der Waals surface area contributed by atoms with E-state index in [2.05, 4.69) is 22.1 Å². The Labute approximate surface area is 170 Å². The van der Waals surface area contributed by atoms with Gasteiger partial charge in [0.15, 0.2) is 15.0 Å². The van der Waals surface area contributed by atoms with Crippen molar-refractivity contribution in [3.63, 3.8) is 0 Å². The van der Waals surface area contributed by atoms with Crippen LogP contribution in [-0.4, -0.2) is 52.3 Å². The van der Waals surface area contributed by atoms with Gasteiger partial charge in [0.2, 0.25) is 5.91 Å². The van der Waals surface area contributed by atoms with Gasteiger partial charge in [-0.2, -0.15) is 0 Å². The third-order valence-electron chi connectivity index (χ3n) is 4.17. The van der Waals surface area contributed by atoms with Gasteiger partial charge in [-0.1, -0.05) is 17.8 Å². The van der Waals surface area contributed by atoms with Crippen molar-refractivity contribution in [3.8, 4) is 0 Å². The van der Waals surface area contributed by atoms with E-state index in [-0.39, 0.29) is 34.6 Å². The number of thioether (sulfide) groups is 1. The predicted octanol–water partition coefficient (Wildman–Crippen LogP) is 1.26. The molecule has 1 unspecified atom stereocenters. The summed E-state index contributed by atoms with van der Waals surface area (Å²) in [4.78, 5) is 23.6. The van der Waals surface area contributed by atoms with E-state index < -0.39 is 15.7 Å². The number of amides is 2. The van der Waals surface area contributed by atoms with Crippen LogP contribution in [0.3, 0.4) is 0 Å². The Morgan fingerprint density at radius 3 is 2.89 bits per heavy atom. The zero-order valence-electron chi connectivity index (χ0n) is 14.8. The number of carbonyl (C=O) groups is 2. The highest BCUT2D eigenvalue weighted by Gasteiger charge is 2.33. The van der Waals surface area contributed by atoms with Crippen LogP contribution in [0.5, 0.6) is 0 Å². The lowest BCUT2D eigenvalue weighted by Crippen LogP contribution is -2.18. The van der Waals surface area contributed by atoms with Gasteiger partial charge in [0.1, 0.15) is 10.8 Å². The number of nitrogens with two attached hydrogens (primary N) is 1. The van der Waals surface area contributed by atoms with E-state index >= 15 is 0 Å². The molecule has 2 amide bonds.